The Bertz CT molecular complexity index is 617. The fourth-order valence-corrected chi connectivity index (χ4v) is 2.34. The zero-order valence-electron chi connectivity index (χ0n) is 10.5. The van der Waals surface area contributed by atoms with Gasteiger partial charge in [-0.05, 0) is 42.2 Å². The first-order valence-corrected chi connectivity index (χ1v) is 6.85. The van der Waals surface area contributed by atoms with Gasteiger partial charge < -0.3 is 5.73 Å². The minimum Gasteiger partial charge on any atom is -0.327 e. The number of benzene rings is 2. The highest BCUT2D eigenvalue weighted by Crippen LogP contribution is 2.20. The van der Waals surface area contributed by atoms with Crippen LogP contribution in [0.1, 0.15) is 11.1 Å². The summed E-state index contributed by atoms with van der Waals surface area (Å²) < 4.78 is 27.1. The van der Waals surface area contributed by atoms with E-state index in [4.69, 9.17) is 28.9 Å². The lowest BCUT2D eigenvalue weighted by Crippen LogP contribution is -2.26. The van der Waals surface area contributed by atoms with Gasteiger partial charge in [-0.1, -0.05) is 41.4 Å². The summed E-state index contributed by atoms with van der Waals surface area (Å²) in [5, 5.41) is 0.149. The van der Waals surface area contributed by atoms with Crippen LogP contribution < -0.4 is 5.73 Å². The zero-order valence-corrected chi connectivity index (χ0v) is 12.1. The maximum absolute atomic E-state index is 13.8. The van der Waals surface area contributed by atoms with Crippen molar-refractivity contribution in [3.8, 4) is 0 Å². The SMILES string of the molecule is NC(Cc1ccc(Cl)c(F)c1)Cc1cccc(Cl)c1F. The minimum absolute atomic E-state index is 0.0724. The Labute approximate surface area is 126 Å². The summed E-state index contributed by atoms with van der Waals surface area (Å²) in [5.41, 5.74) is 7.16. The molecule has 2 aromatic carbocycles. The summed E-state index contributed by atoms with van der Waals surface area (Å²) in [4.78, 5) is 0. The zero-order chi connectivity index (χ0) is 14.7. The molecule has 20 heavy (non-hydrogen) atoms. The second-order valence-electron chi connectivity index (χ2n) is 4.63. The molecule has 0 spiro atoms. The molecule has 2 rings (SSSR count). The van der Waals surface area contributed by atoms with Crippen LogP contribution in [0.25, 0.3) is 0 Å². The van der Waals surface area contributed by atoms with Gasteiger partial charge in [0.2, 0.25) is 0 Å². The molecule has 0 saturated heterocycles. The van der Waals surface area contributed by atoms with E-state index in [1.165, 1.54) is 18.2 Å². The Morgan fingerprint density at radius 3 is 2.45 bits per heavy atom. The summed E-state index contributed by atoms with van der Waals surface area (Å²) in [5.74, 6) is -0.933. The van der Waals surface area contributed by atoms with Crippen molar-refractivity contribution >= 4 is 23.2 Å². The third-order valence-corrected chi connectivity index (χ3v) is 3.59. The van der Waals surface area contributed by atoms with Crippen molar-refractivity contribution in [1.29, 1.82) is 0 Å². The van der Waals surface area contributed by atoms with Crippen molar-refractivity contribution in [2.45, 2.75) is 18.9 Å². The fourth-order valence-electron chi connectivity index (χ4n) is 2.03. The largest absolute Gasteiger partial charge is 0.327 e. The minimum atomic E-state index is -0.481. The van der Waals surface area contributed by atoms with Gasteiger partial charge in [0.15, 0.2) is 0 Å². The molecule has 0 amide bonds. The number of nitrogens with two attached hydrogens (primary N) is 1. The number of halogens is 4. The monoisotopic (exact) mass is 315 g/mol. The Morgan fingerprint density at radius 2 is 1.75 bits per heavy atom. The Kier molecular flexibility index (Phi) is 4.97. The van der Waals surface area contributed by atoms with E-state index >= 15 is 0 Å². The van der Waals surface area contributed by atoms with Gasteiger partial charge in [0.1, 0.15) is 11.6 Å². The third kappa shape index (κ3) is 3.69. The van der Waals surface area contributed by atoms with E-state index in [2.05, 4.69) is 0 Å². The first-order valence-electron chi connectivity index (χ1n) is 6.09. The number of hydrogen-bond donors (Lipinski definition) is 1. The molecule has 2 N–H and O–H groups in total. The first kappa shape index (κ1) is 15.2. The van der Waals surface area contributed by atoms with Crippen LogP contribution in [0, 0.1) is 11.6 Å². The third-order valence-electron chi connectivity index (χ3n) is 3.00. The second-order valence-corrected chi connectivity index (χ2v) is 5.44. The average molecular weight is 316 g/mol. The molecule has 0 heterocycles. The van der Waals surface area contributed by atoms with Crippen molar-refractivity contribution < 1.29 is 8.78 Å². The molecule has 1 unspecified atom stereocenters. The van der Waals surface area contributed by atoms with Crippen LogP contribution in [0.5, 0.6) is 0 Å². The highest BCUT2D eigenvalue weighted by atomic mass is 35.5. The van der Waals surface area contributed by atoms with Crippen LogP contribution in [-0.2, 0) is 12.8 Å². The van der Waals surface area contributed by atoms with Crippen molar-refractivity contribution in [2.24, 2.45) is 5.73 Å². The molecule has 0 aliphatic rings. The van der Waals surface area contributed by atoms with Crippen LogP contribution in [-0.4, -0.2) is 6.04 Å². The molecule has 0 fully saturated rings. The van der Waals surface area contributed by atoms with Gasteiger partial charge in [-0.15, -0.1) is 0 Å². The lowest BCUT2D eigenvalue weighted by molar-refractivity contribution is 0.582. The summed E-state index contributed by atoms with van der Waals surface area (Å²) in [6.45, 7) is 0. The van der Waals surface area contributed by atoms with Gasteiger partial charge in [-0.3, -0.25) is 0 Å². The van der Waals surface area contributed by atoms with Gasteiger partial charge >= 0.3 is 0 Å². The van der Waals surface area contributed by atoms with E-state index in [-0.39, 0.29) is 16.1 Å². The molecule has 2 aromatic rings. The molecule has 0 saturated carbocycles. The van der Waals surface area contributed by atoms with Crippen LogP contribution in [0.4, 0.5) is 8.78 Å². The molecule has 0 bridgehead atoms. The lowest BCUT2D eigenvalue weighted by atomic mass is 9.99. The lowest BCUT2D eigenvalue weighted by Gasteiger charge is -2.13. The predicted molar refractivity (Wildman–Crippen MR) is 78.2 cm³/mol. The summed E-state index contributed by atoms with van der Waals surface area (Å²) in [6, 6.07) is 9.01. The topological polar surface area (TPSA) is 26.0 Å². The van der Waals surface area contributed by atoms with Crippen LogP contribution in [0.15, 0.2) is 36.4 Å². The summed E-state index contributed by atoms with van der Waals surface area (Å²) in [7, 11) is 0. The van der Waals surface area contributed by atoms with Gasteiger partial charge in [0.05, 0.1) is 10.0 Å². The van der Waals surface area contributed by atoms with E-state index in [0.717, 1.165) is 5.56 Å². The maximum atomic E-state index is 13.8. The van der Waals surface area contributed by atoms with Gasteiger partial charge in [0.25, 0.3) is 0 Å². The van der Waals surface area contributed by atoms with E-state index in [1.807, 2.05) is 0 Å². The van der Waals surface area contributed by atoms with Gasteiger partial charge in [0, 0.05) is 6.04 Å². The van der Waals surface area contributed by atoms with E-state index in [9.17, 15) is 8.78 Å². The van der Waals surface area contributed by atoms with Crippen molar-refractivity contribution in [3.05, 3.63) is 69.2 Å². The number of hydrogen-bond acceptors (Lipinski definition) is 1. The molecule has 5 heteroatoms. The van der Waals surface area contributed by atoms with Crippen molar-refractivity contribution in [1.82, 2.24) is 0 Å². The summed E-state index contributed by atoms with van der Waals surface area (Å²) in [6.07, 6.45) is 0.761. The number of rotatable bonds is 4. The molecule has 106 valence electrons. The Morgan fingerprint density at radius 1 is 1.00 bits per heavy atom. The second kappa shape index (κ2) is 6.53. The molecule has 1 atom stereocenters. The van der Waals surface area contributed by atoms with E-state index in [1.54, 1.807) is 18.2 Å². The first-order chi connectivity index (χ1) is 9.47. The molecule has 0 aliphatic carbocycles. The van der Waals surface area contributed by atoms with Crippen LogP contribution in [0.2, 0.25) is 10.0 Å². The molecule has 0 aliphatic heterocycles. The van der Waals surface area contributed by atoms with Crippen molar-refractivity contribution in [2.75, 3.05) is 0 Å². The standard InChI is InChI=1S/C15H13Cl2F2N/c16-12-5-4-9(7-14(12)18)6-11(20)8-10-2-1-3-13(17)15(10)19/h1-5,7,11H,6,8,20H2. The molecule has 0 radical (unpaired) electrons. The van der Waals surface area contributed by atoms with E-state index in [0.29, 0.717) is 18.4 Å². The highest BCUT2D eigenvalue weighted by molar-refractivity contribution is 6.31. The average Bonchev–Trinajstić information content (AvgIpc) is 2.39. The van der Waals surface area contributed by atoms with E-state index < -0.39 is 11.6 Å². The Balaban J connectivity index is 2.07. The smallest absolute Gasteiger partial charge is 0.145 e. The highest BCUT2D eigenvalue weighted by Gasteiger charge is 2.12. The quantitative estimate of drug-likeness (QED) is 0.890. The Hall–Kier alpha value is -1.16. The predicted octanol–water partition coefficient (Wildman–Crippen LogP) is 4.38. The van der Waals surface area contributed by atoms with Crippen LogP contribution in [0.3, 0.4) is 0 Å². The molecule has 0 aromatic heterocycles. The molecular weight excluding hydrogens is 303 g/mol. The fraction of sp³-hybridized carbons (Fsp3) is 0.200. The molecular formula is C15H13Cl2F2N. The maximum Gasteiger partial charge on any atom is 0.145 e. The van der Waals surface area contributed by atoms with Gasteiger partial charge in [-0.25, -0.2) is 8.78 Å². The normalized spacial score (nSPS) is 12.4. The van der Waals surface area contributed by atoms with Crippen molar-refractivity contribution in [3.63, 3.8) is 0 Å². The molecule has 1 nitrogen and oxygen atoms in total. The summed E-state index contributed by atoms with van der Waals surface area (Å²) >= 11 is 11.3. The van der Waals surface area contributed by atoms with Gasteiger partial charge in [-0.2, -0.15) is 0 Å². The van der Waals surface area contributed by atoms with Crippen LogP contribution >= 0.6 is 23.2 Å².